The van der Waals surface area contributed by atoms with Gasteiger partial charge in [-0.2, -0.15) is 0 Å². The van der Waals surface area contributed by atoms with Gasteiger partial charge in [-0.3, -0.25) is 4.72 Å². The molecule has 0 bridgehead atoms. The van der Waals surface area contributed by atoms with E-state index in [9.17, 15) is 17.6 Å². The SMILES string of the molecule is O=C(O)c1ccc(S(=O)(=O)Nc2ccc(Br)c(F)c2)s1. The van der Waals surface area contributed by atoms with Crippen LogP contribution in [0.4, 0.5) is 10.1 Å². The van der Waals surface area contributed by atoms with E-state index in [4.69, 9.17) is 5.11 Å². The van der Waals surface area contributed by atoms with E-state index in [1.807, 2.05) is 0 Å². The summed E-state index contributed by atoms with van der Waals surface area (Å²) in [7, 11) is -3.93. The molecule has 2 rings (SSSR count). The largest absolute Gasteiger partial charge is 0.477 e. The quantitative estimate of drug-likeness (QED) is 0.854. The van der Waals surface area contributed by atoms with E-state index in [2.05, 4.69) is 20.7 Å². The van der Waals surface area contributed by atoms with Crippen LogP contribution in [0.3, 0.4) is 0 Å². The van der Waals surface area contributed by atoms with Gasteiger partial charge in [0.15, 0.2) is 0 Å². The van der Waals surface area contributed by atoms with Crippen molar-refractivity contribution in [1.29, 1.82) is 0 Å². The number of anilines is 1. The van der Waals surface area contributed by atoms with Gasteiger partial charge in [0, 0.05) is 0 Å². The van der Waals surface area contributed by atoms with Gasteiger partial charge >= 0.3 is 5.97 Å². The van der Waals surface area contributed by atoms with Crippen molar-refractivity contribution in [3.05, 3.63) is 45.5 Å². The first kappa shape index (κ1) is 14.9. The van der Waals surface area contributed by atoms with E-state index in [1.165, 1.54) is 24.3 Å². The van der Waals surface area contributed by atoms with Gasteiger partial charge < -0.3 is 5.11 Å². The first-order chi connectivity index (χ1) is 9.29. The lowest BCUT2D eigenvalue weighted by Crippen LogP contribution is -2.11. The minimum Gasteiger partial charge on any atom is -0.477 e. The summed E-state index contributed by atoms with van der Waals surface area (Å²) in [6.45, 7) is 0. The predicted octanol–water partition coefficient (Wildman–Crippen LogP) is 3.15. The summed E-state index contributed by atoms with van der Waals surface area (Å²) in [5, 5.41) is 8.76. The molecule has 20 heavy (non-hydrogen) atoms. The molecule has 0 saturated heterocycles. The monoisotopic (exact) mass is 379 g/mol. The second kappa shape index (κ2) is 5.51. The van der Waals surface area contributed by atoms with Crippen LogP contribution in [0.1, 0.15) is 9.67 Å². The molecule has 0 spiro atoms. The topological polar surface area (TPSA) is 83.5 Å². The predicted molar refractivity (Wildman–Crippen MR) is 76.2 cm³/mol. The lowest BCUT2D eigenvalue weighted by Gasteiger charge is -2.06. The smallest absolute Gasteiger partial charge is 0.345 e. The molecule has 0 aliphatic heterocycles. The number of halogens is 2. The molecule has 106 valence electrons. The maximum Gasteiger partial charge on any atom is 0.345 e. The van der Waals surface area contributed by atoms with Crippen LogP contribution in [-0.2, 0) is 10.0 Å². The summed E-state index contributed by atoms with van der Waals surface area (Å²) in [4.78, 5) is 10.6. The third-order valence-electron chi connectivity index (χ3n) is 2.23. The standard InChI is InChI=1S/C11H7BrFNO4S2/c12-7-2-1-6(5-8(7)13)14-20(17,18)10-4-3-9(19-10)11(15)16/h1-5,14H,(H,15,16). The first-order valence-electron chi connectivity index (χ1n) is 5.10. The summed E-state index contributed by atoms with van der Waals surface area (Å²) in [5.74, 6) is -1.81. The number of nitrogens with one attached hydrogen (secondary N) is 1. The van der Waals surface area contributed by atoms with Gasteiger partial charge in [-0.05, 0) is 46.3 Å². The maximum absolute atomic E-state index is 13.3. The first-order valence-corrected chi connectivity index (χ1v) is 8.20. The highest BCUT2D eigenvalue weighted by Gasteiger charge is 2.19. The molecule has 1 aromatic heterocycles. The van der Waals surface area contributed by atoms with Crippen LogP contribution < -0.4 is 4.72 Å². The van der Waals surface area contributed by atoms with E-state index in [1.54, 1.807) is 0 Å². The number of hydrogen-bond acceptors (Lipinski definition) is 4. The number of hydrogen-bond donors (Lipinski definition) is 2. The number of benzene rings is 1. The lowest BCUT2D eigenvalue weighted by atomic mass is 10.3. The average Bonchev–Trinajstić information content (AvgIpc) is 2.84. The van der Waals surface area contributed by atoms with Crippen molar-refractivity contribution < 1.29 is 22.7 Å². The highest BCUT2D eigenvalue weighted by atomic mass is 79.9. The maximum atomic E-state index is 13.3. The Labute approximate surface area is 126 Å². The van der Waals surface area contributed by atoms with Crippen molar-refractivity contribution >= 4 is 48.9 Å². The van der Waals surface area contributed by atoms with Gasteiger partial charge in [0.1, 0.15) is 14.9 Å². The summed E-state index contributed by atoms with van der Waals surface area (Å²) < 4.78 is 39.6. The van der Waals surface area contributed by atoms with Crippen LogP contribution in [0.5, 0.6) is 0 Å². The number of thiophene rings is 1. The van der Waals surface area contributed by atoms with Crippen LogP contribution in [0, 0.1) is 5.82 Å². The Balaban J connectivity index is 2.30. The van der Waals surface area contributed by atoms with E-state index >= 15 is 0 Å². The summed E-state index contributed by atoms with van der Waals surface area (Å²) in [6, 6.07) is 6.16. The zero-order chi connectivity index (χ0) is 14.9. The van der Waals surface area contributed by atoms with Crippen molar-refractivity contribution in [2.75, 3.05) is 4.72 Å². The van der Waals surface area contributed by atoms with Gasteiger partial charge in [-0.25, -0.2) is 17.6 Å². The Kier molecular flexibility index (Phi) is 4.11. The third-order valence-corrected chi connectivity index (χ3v) is 5.82. The number of sulfonamides is 1. The van der Waals surface area contributed by atoms with Crippen LogP contribution in [0.15, 0.2) is 39.0 Å². The molecule has 2 N–H and O–H groups in total. The highest BCUT2D eigenvalue weighted by Crippen LogP contribution is 2.25. The Morgan fingerprint density at radius 1 is 1.30 bits per heavy atom. The Morgan fingerprint density at radius 2 is 2.00 bits per heavy atom. The number of carboxylic acids is 1. The van der Waals surface area contributed by atoms with Crippen LogP contribution in [-0.4, -0.2) is 19.5 Å². The molecule has 0 atom stereocenters. The number of aromatic carboxylic acids is 1. The minimum atomic E-state index is -3.93. The number of rotatable bonds is 4. The molecule has 5 nitrogen and oxygen atoms in total. The van der Waals surface area contributed by atoms with Gasteiger partial charge in [0.2, 0.25) is 0 Å². The zero-order valence-electron chi connectivity index (χ0n) is 9.63. The van der Waals surface area contributed by atoms with Crippen molar-refractivity contribution in [2.24, 2.45) is 0 Å². The van der Waals surface area contributed by atoms with Crippen molar-refractivity contribution in [2.45, 2.75) is 4.21 Å². The van der Waals surface area contributed by atoms with Crippen molar-refractivity contribution in [3.63, 3.8) is 0 Å². The molecule has 0 fully saturated rings. The van der Waals surface area contributed by atoms with E-state index in [0.717, 1.165) is 6.07 Å². The fourth-order valence-corrected chi connectivity index (χ4v) is 3.79. The molecule has 0 unspecified atom stereocenters. The molecule has 2 aromatic rings. The Hall–Kier alpha value is -1.45. The molecular formula is C11H7BrFNO4S2. The van der Waals surface area contributed by atoms with Crippen LogP contribution >= 0.6 is 27.3 Å². The Morgan fingerprint density at radius 3 is 2.55 bits per heavy atom. The molecule has 1 aromatic carbocycles. The van der Waals surface area contributed by atoms with Gasteiger partial charge in [-0.1, -0.05) is 0 Å². The van der Waals surface area contributed by atoms with Crippen molar-refractivity contribution in [1.82, 2.24) is 0 Å². The van der Waals surface area contributed by atoms with E-state index in [-0.39, 0.29) is 19.2 Å². The van der Waals surface area contributed by atoms with Crippen LogP contribution in [0.2, 0.25) is 0 Å². The van der Waals surface area contributed by atoms with Gasteiger partial charge in [-0.15, -0.1) is 11.3 Å². The summed E-state index contributed by atoms with van der Waals surface area (Å²) >= 11 is 3.58. The summed E-state index contributed by atoms with van der Waals surface area (Å²) in [5.41, 5.74) is 0.0518. The Bertz CT molecular complexity index is 772. The van der Waals surface area contributed by atoms with Gasteiger partial charge in [0.25, 0.3) is 10.0 Å². The molecule has 0 saturated carbocycles. The number of carbonyl (C=O) groups is 1. The molecular weight excluding hydrogens is 373 g/mol. The van der Waals surface area contributed by atoms with E-state index in [0.29, 0.717) is 11.3 Å². The molecule has 0 radical (unpaired) electrons. The lowest BCUT2D eigenvalue weighted by molar-refractivity contribution is 0.0702. The zero-order valence-corrected chi connectivity index (χ0v) is 12.9. The fraction of sp³-hybridized carbons (Fsp3) is 0. The number of carboxylic acid groups (broad SMARTS) is 1. The molecule has 0 amide bonds. The normalized spacial score (nSPS) is 11.3. The molecule has 9 heteroatoms. The van der Waals surface area contributed by atoms with Crippen LogP contribution in [0.25, 0.3) is 0 Å². The van der Waals surface area contributed by atoms with Crippen molar-refractivity contribution in [3.8, 4) is 0 Å². The second-order valence-electron chi connectivity index (χ2n) is 3.66. The third kappa shape index (κ3) is 3.17. The second-order valence-corrected chi connectivity index (χ2v) is 7.51. The molecule has 1 heterocycles. The van der Waals surface area contributed by atoms with Gasteiger partial charge in [0.05, 0.1) is 10.2 Å². The highest BCUT2D eigenvalue weighted by molar-refractivity contribution is 9.10. The fourth-order valence-electron chi connectivity index (χ4n) is 1.34. The molecule has 0 aliphatic carbocycles. The average molecular weight is 380 g/mol. The minimum absolute atomic E-state index is 0.0518. The van der Waals surface area contributed by atoms with E-state index < -0.39 is 21.8 Å². The molecule has 0 aliphatic rings. The summed E-state index contributed by atoms with van der Waals surface area (Å²) in [6.07, 6.45) is 0.